The van der Waals surface area contributed by atoms with E-state index in [2.05, 4.69) is 4.40 Å². The van der Waals surface area contributed by atoms with Crippen LogP contribution in [-0.2, 0) is 11.4 Å². The molecule has 0 bridgehead atoms. The molecule has 0 amide bonds. The second kappa shape index (κ2) is 6.99. The molecule has 1 atom stereocenters. The predicted molar refractivity (Wildman–Crippen MR) is 93.1 cm³/mol. The van der Waals surface area contributed by atoms with Crippen molar-refractivity contribution in [2.24, 2.45) is 4.40 Å². The first-order valence-electron chi connectivity index (χ1n) is 7.17. The lowest BCUT2D eigenvalue weighted by Crippen LogP contribution is -2.26. The summed E-state index contributed by atoms with van der Waals surface area (Å²) >= 11 is -1.25. The highest BCUT2D eigenvalue weighted by molar-refractivity contribution is 7.91. The molecule has 0 spiro atoms. The molecule has 4 heteroatoms. The summed E-state index contributed by atoms with van der Waals surface area (Å²) in [5.74, 6) is 1.56. The minimum atomic E-state index is -1.25. The Hall–Kier alpha value is -1.78. The summed E-state index contributed by atoms with van der Waals surface area (Å²) in [6.45, 7) is 7.61. The van der Waals surface area contributed by atoms with Crippen molar-refractivity contribution in [2.75, 3.05) is 0 Å². The van der Waals surface area contributed by atoms with Gasteiger partial charge in [-0.05, 0) is 64.1 Å². The van der Waals surface area contributed by atoms with Gasteiger partial charge in [-0.25, -0.2) is 0 Å². The van der Waals surface area contributed by atoms with E-state index < -0.39 is 11.4 Å². The van der Waals surface area contributed by atoms with Gasteiger partial charge in [0.05, 0.1) is 5.71 Å². The zero-order valence-corrected chi connectivity index (χ0v) is 14.2. The Balaban J connectivity index is 2.10. The van der Waals surface area contributed by atoms with Gasteiger partial charge in [-0.1, -0.05) is 22.6 Å². The molecule has 0 aromatic heterocycles. The summed E-state index contributed by atoms with van der Waals surface area (Å²) < 4.78 is 21.7. The Morgan fingerprint density at radius 1 is 0.955 bits per heavy atom. The molecule has 0 aliphatic carbocycles. The molecule has 0 aliphatic rings. The summed E-state index contributed by atoms with van der Waals surface area (Å²) in [5, 5.41) is 0. The maximum atomic E-state index is 12.1. The number of rotatable bonds is 4. The van der Waals surface area contributed by atoms with Crippen LogP contribution >= 0.6 is 0 Å². The number of nitrogens with zero attached hydrogens (tertiary/aromatic N) is 1. The Kier molecular flexibility index (Phi) is 5.27. The monoisotopic (exact) mass is 315 g/mol. The lowest BCUT2D eigenvalue weighted by Gasteiger charge is -2.18. The van der Waals surface area contributed by atoms with E-state index in [1.807, 2.05) is 82.3 Å². The molecule has 0 radical (unpaired) electrons. The average Bonchev–Trinajstić information content (AvgIpc) is 2.48. The third-order valence-corrected chi connectivity index (χ3v) is 4.48. The predicted octanol–water partition coefficient (Wildman–Crippen LogP) is 4.75. The van der Waals surface area contributed by atoms with Crippen LogP contribution in [0.3, 0.4) is 0 Å². The van der Waals surface area contributed by atoms with Crippen LogP contribution in [-0.4, -0.2) is 15.0 Å². The van der Waals surface area contributed by atoms with Gasteiger partial charge in [0.2, 0.25) is 0 Å². The minimum absolute atomic E-state index is 0.350. The highest BCUT2D eigenvalue weighted by Crippen LogP contribution is 2.22. The van der Waals surface area contributed by atoms with Crippen LogP contribution in [0.25, 0.3) is 0 Å². The Morgan fingerprint density at radius 2 is 1.50 bits per heavy atom. The molecule has 0 heterocycles. The van der Waals surface area contributed by atoms with Crippen LogP contribution in [0.2, 0.25) is 0 Å². The number of para-hydroxylation sites is 1. The van der Waals surface area contributed by atoms with Crippen LogP contribution in [0.1, 0.15) is 33.3 Å². The Labute approximate surface area is 135 Å². The van der Waals surface area contributed by atoms with Crippen molar-refractivity contribution < 1.29 is 9.29 Å². The fraction of sp³-hybridized carbons (Fsp3) is 0.278. The van der Waals surface area contributed by atoms with Crippen molar-refractivity contribution >= 4 is 17.1 Å². The van der Waals surface area contributed by atoms with E-state index in [1.165, 1.54) is 0 Å². The Bertz CT molecular complexity index is 630. The summed E-state index contributed by atoms with van der Waals surface area (Å²) in [6, 6.07) is 17.3. The summed E-state index contributed by atoms with van der Waals surface area (Å²) in [7, 11) is 0. The van der Waals surface area contributed by atoms with E-state index in [0.29, 0.717) is 0 Å². The average molecular weight is 315 g/mol. The standard InChI is InChI=1S/C18H21NO2S/c1-14(19-22(20)18(2,3)4)15-10-12-17(13-11-15)21-16-8-6-5-7-9-16/h5-13H,1-4H3/t22-/m1/s1. The number of hydrogen-bond donors (Lipinski definition) is 0. The largest absolute Gasteiger partial charge is 0.591 e. The third kappa shape index (κ3) is 4.61. The molecular formula is C18H21NO2S. The molecule has 2 rings (SSSR count). The molecule has 2 aromatic carbocycles. The van der Waals surface area contributed by atoms with E-state index in [9.17, 15) is 4.55 Å². The van der Waals surface area contributed by atoms with Gasteiger partial charge < -0.3 is 9.29 Å². The van der Waals surface area contributed by atoms with Crippen LogP contribution in [0.5, 0.6) is 11.5 Å². The number of benzene rings is 2. The fourth-order valence-corrected chi connectivity index (χ4v) is 2.33. The van der Waals surface area contributed by atoms with Gasteiger partial charge >= 0.3 is 0 Å². The molecule has 22 heavy (non-hydrogen) atoms. The molecule has 0 aliphatic heterocycles. The van der Waals surface area contributed by atoms with Crippen LogP contribution in [0.4, 0.5) is 0 Å². The number of hydrogen-bond acceptors (Lipinski definition) is 3. The maximum Gasteiger partial charge on any atom is 0.144 e. The molecular weight excluding hydrogens is 294 g/mol. The van der Waals surface area contributed by atoms with Crippen LogP contribution < -0.4 is 4.74 Å². The second-order valence-corrected chi connectivity index (χ2v) is 7.88. The number of ether oxygens (including phenoxy) is 1. The maximum absolute atomic E-state index is 12.1. The minimum Gasteiger partial charge on any atom is -0.591 e. The SMILES string of the molecule is CC(=N[S@+]([O-])C(C)(C)C)c1ccc(Oc2ccccc2)cc1. The molecule has 0 fully saturated rings. The van der Waals surface area contributed by atoms with Crippen molar-refractivity contribution in [1.82, 2.24) is 0 Å². The van der Waals surface area contributed by atoms with Gasteiger partial charge in [0.1, 0.15) is 27.6 Å². The van der Waals surface area contributed by atoms with E-state index >= 15 is 0 Å². The molecule has 3 nitrogen and oxygen atoms in total. The van der Waals surface area contributed by atoms with E-state index in [1.54, 1.807) is 0 Å². The van der Waals surface area contributed by atoms with Gasteiger partial charge in [0.25, 0.3) is 0 Å². The first-order valence-corrected chi connectivity index (χ1v) is 8.27. The van der Waals surface area contributed by atoms with Gasteiger partial charge in [0.15, 0.2) is 0 Å². The summed E-state index contributed by atoms with van der Waals surface area (Å²) in [5.41, 5.74) is 1.71. The van der Waals surface area contributed by atoms with Crippen LogP contribution in [0, 0.1) is 0 Å². The van der Waals surface area contributed by atoms with Gasteiger partial charge in [-0.15, -0.1) is 0 Å². The molecule has 2 aromatic rings. The quantitative estimate of drug-likeness (QED) is 0.603. The van der Waals surface area contributed by atoms with Gasteiger partial charge in [0, 0.05) is 5.56 Å². The zero-order valence-electron chi connectivity index (χ0n) is 13.4. The zero-order chi connectivity index (χ0) is 16.2. The molecule has 116 valence electrons. The van der Waals surface area contributed by atoms with Crippen molar-refractivity contribution in [3.8, 4) is 11.5 Å². The fourth-order valence-electron chi connectivity index (χ4n) is 1.70. The highest BCUT2D eigenvalue weighted by Gasteiger charge is 2.26. The normalized spacial score (nSPS) is 13.8. The van der Waals surface area contributed by atoms with Crippen molar-refractivity contribution in [3.63, 3.8) is 0 Å². The first-order chi connectivity index (χ1) is 10.4. The summed E-state index contributed by atoms with van der Waals surface area (Å²) in [6.07, 6.45) is 0. The van der Waals surface area contributed by atoms with Crippen molar-refractivity contribution in [1.29, 1.82) is 0 Å². The topological polar surface area (TPSA) is 44.7 Å². The van der Waals surface area contributed by atoms with Gasteiger partial charge in [-0.2, -0.15) is 0 Å². The lowest BCUT2D eigenvalue weighted by molar-refractivity contribution is 0.482. The van der Waals surface area contributed by atoms with Crippen LogP contribution in [0.15, 0.2) is 59.0 Å². The molecule has 0 N–H and O–H groups in total. The molecule has 0 saturated heterocycles. The molecule has 0 saturated carbocycles. The Morgan fingerprint density at radius 3 is 2.05 bits per heavy atom. The first kappa shape index (κ1) is 16.6. The highest BCUT2D eigenvalue weighted by atomic mass is 32.2. The molecule has 0 unspecified atom stereocenters. The van der Waals surface area contributed by atoms with E-state index in [-0.39, 0.29) is 4.75 Å². The second-order valence-electron chi connectivity index (χ2n) is 5.98. The van der Waals surface area contributed by atoms with E-state index in [4.69, 9.17) is 4.74 Å². The lowest BCUT2D eigenvalue weighted by atomic mass is 10.1. The van der Waals surface area contributed by atoms with Gasteiger partial charge in [-0.3, -0.25) is 0 Å². The van der Waals surface area contributed by atoms with Crippen molar-refractivity contribution in [3.05, 3.63) is 60.2 Å². The smallest absolute Gasteiger partial charge is 0.144 e. The summed E-state index contributed by atoms with van der Waals surface area (Å²) in [4.78, 5) is 0. The third-order valence-electron chi connectivity index (χ3n) is 2.99. The van der Waals surface area contributed by atoms with E-state index in [0.717, 1.165) is 22.8 Å². The van der Waals surface area contributed by atoms with Crippen molar-refractivity contribution in [2.45, 2.75) is 32.4 Å².